The van der Waals surface area contributed by atoms with Crippen molar-refractivity contribution in [3.63, 3.8) is 0 Å². The van der Waals surface area contributed by atoms with Gasteiger partial charge in [-0.15, -0.1) is 0 Å². The van der Waals surface area contributed by atoms with Crippen LogP contribution >= 0.6 is 0 Å². The molecule has 0 unspecified atom stereocenters. The van der Waals surface area contributed by atoms with Crippen LogP contribution in [-0.2, 0) is 14.2 Å². The van der Waals surface area contributed by atoms with Gasteiger partial charge in [0.05, 0.1) is 12.1 Å². The fraction of sp³-hybridized carbons (Fsp3) is 0.458. The monoisotopic (exact) mass is 409 g/mol. The lowest BCUT2D eigenvalue weighted by Crippen LogP contribution is -2.43. The summed E-state index contributed by atoms with van der Waals surface area (Å²) in [5, 5.41) is 12.6. The number of carbonyl (C=O) groups is 1. The zero-order valence-corrected chi connectivity index (χ0v) is 17.2. The fourth-order valence-corrected chi connectivity index (χ4v) is 5.20. The summed E-state index contributed by atoms with van der Waals surface area (Å²) in [6, 6.07) is 16.3. The van der Waals surface area contributed by atoms with Crippen LogP contribution in [0.4, 0.5) is 4.79 Å². The molecule has 1 saturated carbocycles. The Morgan fingerprint density at radius 3 is 2.30 bits per heavy atom. The number of rotatable bonds is 4. The van der Waals surface area contributed by atoms with Gasteiger partial charge < -0.3 is 24.6 Å². The number of carbonyl (C=O) groups excluding carboxylic acids is 1. The largest absolute Gasteiger partial charge is 0.449 e. The molecule has 2 N–H and O–H groups in total. The summed E-state index contributed by atoms with van der Waals surface area (Å²) in [5.74, 6) is -0.755. The van der Waals surface area contributed by atoms with Crippen LogP contribution in [0.15, 0.2) is 48.5 Å². The van der Waals surface area contributed by atoms with Crippen LogP contribution in [-0.4, -0.2) is 48.5 Å². The molecule has 0 radical (unpaired) electrons. The minimum absolute atomic E-state index is 0.00345. The molecule has 0 aromatic heterocycles. The molecule has 6 heteroatoms. The number of amides is 1. The van der Waals surface area contributed by atoms with Crippen LogP contribution in [0.2, 0.25) is 0 Å². The highest BCUT2D eigenvalue weighted by atomic mass is 16.8. The molecule has 2 aromatic carbocycles. The first-order chi connectivity index (χ1) is 14.5. The van der Waals surface area contributed by atoms with Gasteiger partial charge in [0, 0.05) is 18.4 Å². The SMILES string of the molecule is CC1(C)O[C@@H]2[C@@H](CO)C[C@@H](NC(=O)OCC3c4ccccc4-c4ccccc43)[C@@H]2O1. The second-order valence-corrected chi connectivity index (χ2v) is 8.82. The fourth-order valence-electron chi connectivity index (χ4n) is 5.20. The van der Waals surface area contributed by atoms with Gasteiger partial charge in [0.1, 0.15) is 12.7 Å². The van der Waals surface area contributed by atoms with E-state index in [4.69, 9.17) is 14.2 Å². The van der Waals surface area contributed by atoms with Gasteiger partial charge in [-0.1, -0.05) is 48.5 Å². The molecule has 158 valence electrons. The van der Waals surface area contributed by atoms with Crippen molar-refractivity contribution in [2.24, 2.45) is 5.92 Å². The van der Waals surface area contributed by atoms with Crippen LogP contribution in [0.5, 0.6) is 0 Å². The summed E-state index contributed by atoms with van der Waals surface area (Å²) in [6.07, 6.45) is -0.361. The van der Waals surface area contributed by atoms with E-state index in [1.807, 2.05) is 38.1 Å². The first kappa shape index (κ1) is 19.5. The van der Waals surface area contributed by atoms with Gasteiger partial charge >= 0.3 is 6.09 Å². The van der Waals surface area contributed by atoms with E-state index < -0.39 is 11.9 Å². The highest BCUT2D eigenvalue weighted by Gasteiger charge is 2.54. The van der Waals surface area contributed by atoms with E-state index in [2.05, 4.69) is 29.6 Å². The third kappa shape index (κ3) is 3.29. The molecule has 3 aliphatic rings. The number of hydrogen-bond acceptors (Lipinski definition) is 5. The highest BCUT2D eigenvalue weighted by Crippen LogP contribution is 2.45. The van der Waals surface area contributed by atoms with Crippen molar-refractivity contribution in [1.82, 2.24) is 5.32 Å². The molecule has 5 rings (SSSR count). The minimum atomic E-state index is -0.718. The van der Waals surface area contributed by atoms with E-state index >= 15 is 0 Å². The van der Waals surface area contributed by atoms with Gasteiger partial charge in [0.25, 0.3) is 0 Å². The first-order valence-electron chi connectivity index (χ1n) is 10.5. The van der Waals surface area contributed by atoms with Crippen molar-refractivity contribution in [2.45, 2.75) is 50.2 Å². The molecule has 30 heavy (non-hydrogen) atoms. The molecule has 2 aliphatic carbocycles. The van der Waals surface area contributed by atoms with E-state index in [-0.39, 0.29) is 43.3 Å². The molecule has 0 bridgehead atoms. The number of aliphatic hydroxyl groups excluding tert-OH is 1. The predicted octanol–water partition coefficient (Wildman–Crippen LogP) is 3.43. The Labute approximate surface area is 176 Å². The average molecular weight is 409 g/mol. The summed E-state index contributed by atoms with van der Waals surface area (Å²) in [7, 11) is 0. The van der Waals surface area contributed by atoms with Crippen molar-refractivity contribution in [1.29, 1.82) is 0 Å². The lowest BCUT2D eigenvalue weighted by atomic mass is 9.98. The molecular weight excluding hydrogens is 382 g/mol. The number of benzene rings is 2. The lowest BCUT2D eigenvalue weighted by Gasteiger charge is -2.23. The Hall–Kier alpha value is -2.41. The van der Waals surface area contributed by atoms with E-state index in [1.54, 1.807) is 0 Å². The van der Waals surface area contributed by atoms with Crippen LogP contribution in [0.1, 0.15) is 37.3 Å². The van der Waals surface area contributed by atoms with Crippen LogP contribution < -0.4 is 5.32 Å². The van der Waals surface area contributed by atoms with Gasteiger partial charge in [-0.2, -0.15) is 0 Å². The van der Waals surface area contributed by atoms with Crippen LogP contribution in [0.3, 0.4) is 0 Å². The standard InChI is InChI=1S/C24H27NO5/c1-24(2)29-21-14(12-26)11-20(22(21)30-24)25-23(27)28-13-19-17-9-5-3-7-15(17)16-8-4-6-10-18(16)19/h3-10,14,19-22,26H,11-13H2,1-2H3,(H,25,27)/t14-,20-,21-,22+/m1/s1. The van der Waals surface area contributed by atoms with Crippen molar-refractivity contribution in [3.8, 4) is 11.1 Å². The van der Waals surface area contributed by atoms with Crippen molar-refractivity contribution in [3.05, 3.63) is 59.7 Å². The molecule has 0 spiro atoms. The lowest BCUT2D eigenvalue weighted by molar-refractivity contribution is -0.160. The van der Waals surface area contributed by atoms with Gasteiger partial charge in [-0.3, -0.25) is 0 Å². The average Bonchev–Trinajstić information content (AvgIpc) is 3.33. The normalized spacial score (nSPS) is 28.6. The molecule has 2 aromatic rings. The van der Waals surface area contributed by atoms with Crippen molar-refractivity contribution in [2.75, 3.05) is 13.2 Å². The summed E-state index contributed by atoms with van der Waals surface area (Å²) >= 11 is 0. The van der Waals surface area contributed by atoms with E-state index in [0.717, 1.165) is 0 Å². The predicted molar refractivity (Wildman–Crippen MR) is 111 cm³/mol. The van der Waals surface area contributed by atoms with Crippen molar-refractivity contribution >= 4 is 6.09 Å². The Morgan fingerprint density at radius 1 is 1.07 bits per heavy atom. The third-order valence-corrected chi connectivity index (χ3v) is 6.46. The number of hydrogen-bond donors (Lipinski definition) is 2. The highest BCUT2D eigenvalue weighted by molar-refractivity contribution is 5.79. The molecule has 4 atom stereocenters. The summed E-state index contributed by atoms with van der Waals surface area (Å²) in [4.78, 5) is 12.6. The van der Waals surface area contributed by atoms with E-state index in [0.29, 0.717) is 6.42 Å². The smallest absolute Gasteiger partial charge is 0.407 e. The Bertz CT molecular complexity index is 913. The van der Waals surface area contributed by atoms with Gasteiger partial charge in [0.2, 0.25) is 0 Å². The van der Waals surface area contributed by atoms with Gasteiger partial charge in [0.15, 0.2) is 5.79 Å². The third-order valence-electron chi connectivity index (χ3n) is 6.46. The van der Waals surface area contributed by atoms with Crippen LogP contribution in [0.25, 0.3) is 11.1 Å². The number of ether oxygens (including phenoxy) is 3. The number of nitrogens with one attached hydrogen (secondary N) is 1. The minimum Gasteiger partial charge on any atom is -0.449 e. The Morgan fingerprint density at radius 2 is 1.67 bits per heavy atom. The zero-order valence-electron chi connectivity index (χ0n) is 17.2. The quantitative estimate of drug-likeness (QED) is 0.809. The molecular formula is C24H27NO5. The first-order valence-corrected chi connectivity index (χ1v) is 10.5. The molecule has 1 aliphatic heterocycles. The number of fused-ring (bicyclic) bond motifs is 4. The van der Waals surface area contributed by atoms with E-state index in [9.17, 15) is 9.90 Å². The number of alkyl carbamates (subject to hydrolysis) is 1. The second-order valence-electron chi connectivity index (χ2n) is 8.82. The maximum atomic E-state index is 12.6. The summed E-state index contributed by atoms with van der Waals surface area (Å²) in [6.45, 7) is 3.98. The van der Waals surface area contributed by atoms with Crippen molar-refractivity contribution < 1.29 is 24.1 Å². The number of aliphatic hydroxyl groups is 1. The van der Waals surface area contributed by atoms with Gasteiger partial charge in [-0.25, -0.2) is 4.79 Å². The summed E-state index contributed by atoms with van der Waals surface area (Å²) < 4.78 is 17.6. The molecule has 6 nitrogen and oxygen atoms in total. The maximum Gasteiger partial charge on any atom is 0.407 e. The Kier molecular flexibility index (Phi) is 4.81. The Balaban J connectivity index is 1.26. The topological polar surface area (TPSA) is 77.0 Å². The van der Waals surface area contributed by atoms with Gasteiger partial charge in [-0.05, 0) is 42.5 Å². The maximum absolute atomic E-state index is 12.6. The van der Waals surface area contributed by atoms with E-state index in [1.165, 1.54) is 22.3 Å². The summed E-state index contributed by atoms with van der Waals surface area (Å²) in [5.41, 5.74) is 4.76. The molecule has 1 amide bonds. The molecule has 1 heterocycles. The second kappa shape index (κ2) is 7.38. The van der Waals surface area contributed by atoms with Crippen LogP contribution in [0, 0.1) is 5.92 Å². The molecule has 2 fully saturated rings. The zero-order chi connectivity index (χ0) is 20.9. The molecule has 1 saturated heterocycles.